The van der Waals surface area contributed by atoms with Gasteiger partial charge < -0.3 is 14.6 Å². The Morgan fingerprint density at radius 3 is 2.63 bits per heavy atom. The number of hydrogen-bond donors (Lipinski definition) is 1. The van der Waals surface area contributed by atoms with Crippen LogP contribution in [-0.2, 0) is 0 Å². The highest BCUT2D eigenvalue weighted by molar-refractivity contribution is 5.65. The van der Waals surface area contributed by atoms with Gasteiger partial charge in [0.25, 0.3) is 0 Å². The second-order valence-electron chi connectivity index (χ2n) is 7.01. The smallest absolute Gasteiger partial charge is 0.175 e. The zero-order valence-electron chi connectivity index (χ0n) is 15.3. The minimum atomic E-state index is -0.352. The van der Waals surface area contributed by atoms with E-state index in [1.807, 2.05) is 38.5 Å². The van der Waals surface area contributed by atoms with E-state index in [2.05, 4.69) is 25.3 Å². The van der Waals surface area contributed by atoms with Gasteiger partial charge in [0.2, 0.25) is 0 Å². The standard InChI is InChI=1S/C19H20FN7/c1-12-7-16(24-27-9-13(2)22-18(12)27)14-8-15(20)19-23-17(11-26(19)10-14)25-5-3-21-4-6-25/h7-11,21H,3-6H2,1-2H3. The molecule has 1 aliphatic heterocycles. The second-order valence-corrected chi connectivity index (χ2v) is 7.01. The van der Waals surface area contributed by atoms with Crippen molar-refractivity contribution >= 4 is 17.1 Å². The molecule has 0 saturated carbocycles. The highest BCUT2D eigenvalue weighted by Gasteiger charge is 2.17. The Hall–Kier alpha value is -3.00. The van der Waals surface area contributed by atoms with Gasteiger partial charge in [0.15, 0.2) is 17.1 Å². The summed E-state index contributed by atoms with van der Waals surface area (Å²) in [6.07, 6.45) is 5.65. The van der Waals surface area contributed by atoms with Gasteiger partial charge in [-0.3, -0.25) is 0 Å². The first-order valence-corrected chi connectivity index (χ1v) is 9.06. The monoisotopic (exact) mass is 365 g/mol. The van der Waals surface area contributed by atoms with Gasteiger partial charge in [0.05, 0.1) is 23.8 Å². The summed E-state index contributed by atoms with van der Waals surface area (Å²) >= 11 is 0. The normalized spacial score (nSPS) is 15.1. The molecule has 0 spiro atoms. The molecule has 1 aliphatic rings. The van der Waals surface area contributed by atoms with Crippen LogP contribution in [0.5, 0.6) is 0 Å². The third-order valence-electron chi connectivity index (χ3n) is 4.96. The summed E-state index contributed by atoms with van der Waals surface area (Å²) in [6, 6.07) is 3.44. The quantitative estimate of drug-likeness (QED) is 0.590. The van der Waals surface area contributed by atoms with Crippen molar-refractivity contribution in [2.45, 2.75) is 13.8 Å². The number of hydrogen-bond acceptors (Lipinski definition) is 5. The van der Waals surface area contributed by atoms with Crippen LogP contribution in [0, 0.1) is 19.7 Å². The number of aryl methyl sites for hydroxylation is 2. The molecule has 0 atom stereocenters. The average molecular weight is 365 g/mol. The van der Waals surface area contributed by atoms with Crippen LogP contribution in [0.1, 0.15) is 11.3 Å². The molecule has 4 aromatic rings. The van der Waals surface area contributed by atoms with Gasteiger partial charge in [-0.1, -0.05) is 0 Å². The second kappa shape index (κ2) is 6.02. The molecule has 1 N–H and O–H groups in total. The average Bonchev–Trinajstić information content (AvgIpc) is 3.26. The minimum Gasteiger partial charge on any atom is -0.353 e. The van der Waals surface area contributed by atoms with Gasteiger partial charge >= 0.3 is 0 Å². The van der Waals surface area contributed by atoms with Crippen molar-refractivity contribution in [3.8, 4) is 11.3 Å². The lowest BCUT2D eigenvalue weighted by atomic mass is 10.1. The fourth-order valence-electron chi connectivity index (χ4n) is 3.62. The molecular formula is C19H20FN7. The number of rotatable bonds is 2. The number of nitrogens with one attached hydrogen (secondary N) is 1. The Morgan fingerprint density at radius 1 is 1.00 bits per heavy atom. The van der Waals surface area contributed by atoms with Crippen molar-refractivity contribution in [1.82, 2.24) is 29.3 Å². The van der Waals surface area contributed by atoms with Crippen molar-refractivity contribution in [1.29, 1.82) is 0 Å². The van der Waals surface area contributed by atoms with E-state index in [4.69, 9.17) is 0 Å². The van der Waals surface area contributed by atoms with Crippen molar-refractivity contribution < 1.29 is 4.39 Å². The summed E-state index contributed by atoms with van der Waals surface area (Å²) in [5, 5.41) is 7.92. The summed E-state index contributed by atoms with van der Waals surface area (Å²) < 4.78 is 18.3. The van der Waals surface area contributed by atoms with E-state index < -0.39 is 0 Å². The van der Waals surface area contributed by atoms with Crippen LogP contribution in [0.3, 0.4) is 0 Å². The molecule has 5 rings (SSSR count). The van der Waals surface area contributed by atoms with E-state index in [0.29, 0.717) is 16.9 Å². The molecule has 7 nitrogen and oxygen atoms in total. The molecule has 0 amide bonds. The number of halogens is 1. The van der Waals surface area contributed by atoms with Gasteiger partial charge in [0, 0.05) is 37.9 Å². The predicted octanol–water partition coefficient (Wildman–Crippen LogP) is 2.21. The molecule has 0 unspecified atom stereocenters. The van der Waals surface area contributed by atoms with E-state index in [1.54, 1.807) is 8.92 Å². The Labute approximate surface area is 155 Å². The summed E-state index contributed by atoms with van der Waals surface area (Å²) in [7, 11) is 0. The van der Waals surface area contributed by atoms with Crippen molar-refractivity contribution in [2.75, 3.05) is 31.1 Å². The maximum atomic E-state index is 14.8. The first kappa shape index (κ1) is 16.2. The zero-order chi connectivity index (χ0) is 18.5. The fraction of sp³-hybridized carbons (Fsp3) is 0.316. The van der Waals surface area contributed by atoms with Crippen molar-refractivity contribution in [3.05, 3.63) is 47.8 Å². The van der Waals surface area contributed by atoms with Gasteiger partial charge in [-0.05, 0) is 31.5 Å². The van der Waals surface area contributed by atoms with Crippen molar-refractivity contribution in [2.24, 2.45) is 0 Å². The SMILES string of the molecule is Cc1cn2nc(-c3cc(F)c4nc(N5CCNCC5)cn4c3)cc(C)c2n1. The molecule has 0 radical (unpaired) electrons. The molecule has 0 aliphatic carbocycles. The summed E-state index contributed by atoms with van der Waals surface area (Å²) in [5.41, 5.74) is 4.47. The number of piperazine rings is 1. The summed E-state index contributed by atoms with van der Waals surface area (Å²) in [4.78, 5) is 11.1. The molecule has 4 aromatic heterocycles. The lowest BCUT2D eigenvalue weighted by Gasteiger charge is -2.26. The van der Waals surface area contributed by atoms with Crippen LogP contribution in [0.15, 0.2) is 30.7 Å². The van der Waals surface area contributed by atoms with E-state index in [1.165, 1.54) is 6.07 Å². The first-order valence-electron chi connectivity index (χ1n) is 9.06. The number of anilines is 1. The van der Waals surface area contributed by atoms with E-state index >= 15 is 0 Å². The van der Waals surface area contributed by atoms with Crippen LogP contribution < -0.4 is 10.2 Å². The Balaban J connectivity index is 1.61. The van der Waals surface area contributed by atoms with Crippen LogP contribution >= 0.6 is 0 Å². The highest BCUT2D eigenvalue weighted by atomic mass is 19.1. The van der Waals surface area contributed by atoms with Crippen LogP contribution in [0.4, 0.5) is 10.2 Å². The number of aromatic nitrogens is 5. The van der Waals surface area contributed by atoms with Crippen LogP contribution in [0.2, 0.25) is 0 Å². The Kier molecular flexibility index (Phi) is 3.61. The Morgan fingerprint density at radius 2 is 1.81 bits per heavy atom. The van der Waals surface area contributed by atoms with Gasteiger partial charge in [-0.25, -0.2) is 18.9 Å². The molecule has 0 aromatic carbocycles. The third kappa shape index (κ3) is 2.73. The molecule has 0 bridgehead atoms. The fourth-order valence-corrected chi connectivity index (χ4v) is 3.62. The molecule has 27 heavy (non-hydrogen) atoms. The number of nitrogens with zero attached hydrogens (tertiary/aromatic N) is 6. The van der Waals surface area contributed by atoms with Gasteiger partial charge in [-0.2, -0.15) is 5.10 Å². The molecule has 5 heterocycles. The lowest BCUT2D eigenvalue weighted by Crippen LogP contribution is -2.43. The van der Waals surface area contributed by atoms with Crippen LogP contribution in [0.25, 0.3) is 22.6 Å². The predicted molar refractivity (Wildman–Crippen MR) is 102 cm³/mol. The summed E-state index contributed by atoms with van der Waals surface area (Å²) in [5.74, 6) is 0.452. The maximum Gasteiger partial charge on any atom is 0.175 e. The molecule has 138 valence electrons. The topological polar surface area (TPSA) is 62.8 Å². The van der Waals surface area contributed by atoms with E-state index in [0.717, 1.165) is 48.9 Å². The number of pyridine rings is 1. The largest absolute Gasteiger partial charge is 0.353 e. The van der Waals surface area contributed by atoms with E-state index in [-0.39, 0.29) is 5.82 Å². The number of imidazole rings is 2. The summed E-state index contributed by atoms with van der Waals surface area (Å²) in [6.45, 7) is 7.49. The Bertz CT molecular complexity index is 1150. The minimum absolute atomic E-state index is 0.337. The first-order chi connectivity index (χ1) is 13.1. The number of fused-ring (bicyclic) bond motifs is 2. The maximum absolute atomic E-state index is 14.8. The lowest BCUT2D eigenvalue weighted by molar-refractivity contribution is 0.585. The molecule has 1 fully saturated rings. The van der Waals surface area contributed by atoms with Gasteiger partial charge in [-0.15, -0.1) is 0 Å². The zero-order valence-corrected chi connectivity index (χ0v) is 15.3. The van der Waals surface area contributed by atoms with Gasteiger partial charge in [0.1, 0.15) is 5.82 Å². The molecular weight excluding hydrogens is 345 g/mol. The third-order valence-corrected chi connectivity index (χ3v) is 4.96. The molecule has 1 saturated heterocycles. The highest BCUT2D eigenvalue weighted by Crippen LogP contribution is 2.25. The van der Waals surface area contributed by atoms with E-state index in [9.17, 15) is 4.39 Å². The molecule has 8 heteroatoms. The van der Waals surface area contributed by atoms with Crippen LogP contribution in [-0.4, -0.2) is 50.2 Å². The van der Waals surface area contributed by atoms with Crippen molar-refractivity contribution in [3.63, 3.8) is 0 Å².